The van der Waals surface area contributed by atoms with Crippen molar-refractivity contribution in [3.63, 3.8) is 0 Å². The first-order chi connectivity index (χ1) is 9.06. The van der Waals surface area contributed by atoms with Crippen LogP contribution in [0.3, 0.4) is 0 Å². The van der Waals surface area contributed by atoms with Crippen LogP contribution < -0.4 is 11.1 Å². The Labute approximate surface area is 113 Å². The molecule has 1 heterocycles. The number of ether oxygens (including phenoxy) is 2. The zero-order chi connectivity index (χ0) is 13.9. The zero-order valence-electron chi connectivity index (χ0n) is 11.4. The molecule has 19 heavy (non-hydrogen) atoms. The van der Waals surface area contributed by atoms with Gasteiger partial charge in [-0.1, -0.05) is 6.07 Å². The third kappa shape index (κ3) is 2.98. The molecule has 0 radical (unpaired) electrons. The van der Waals surface area contributed by atoms with Crippen LogP contribution in [0.15, 0.2) is 18.2 Å². The van der Waals surface area contributed by atoms with E-state index in [1.54, 1.807) is 12.1 Å². The Balaban J connectivity index is 2.23. The summed E-state index contributed by atoms with van der Waals surface area (Å²) in [5, 5.41) is 3.39. The topological polar surface area (TPSA) is 73.6 Å². The quantitative estimate of drug-likeness (QED) is 0.645. The van der Waals surface area contributed by atoms with Crippen molar-refractivity contribution in [2.24, 2.45) is 0 Å². The molecule has 1 atom stereocenters. The standard InChI is InChI=1S/C14H20N2O3/c1-14(7-4-8-19-9-14)16-11-6-3-5-10(12(11)15)13(17)18-2/h3,5-6,16H,4,7-9,15H2,1-2H3. The molecule has 1 aromatic carbocycles. The number of carbonyl (C=O) groups excluding carboxylic acids is 1. The molecule has 0 spiro atoms. The number of benzene rings is 1. The molecule has 0 aromatic heterocycles. The summed E-state index contributed by atoms with van der Waals surface area (Å²) in [4.78, 5) is 11.6. The second-order valence-electron chi connectivity index (χ2n) is 5.10. The predicted octanol–water partition coefficient (Wildman–Crippen LogP) is 2.04. The van der Waals surface area contributed by atoms with Crippen molar-refractivity contribution >= 4 is 17.3 Å². The Hall–Kier alpha value is -1.75. The van der Waals surface area contributed by atoms with E-state index in [2.05, 4.69) is 12.2 Å². The molecule has 0 bridgehead atoms. The second kappa shape index (κ2) is 5.48. The lowest BCUT2D eigenvalue weighted by Crippen LogP contribution is -2.43. The minimum Gasteiger partial charge on any atom is -0.465 e. The van der Waals surface area contributed by atoms with Crippen molar-refractivity contribution in [2.75, 3.05) is 31.4 Å². The summed E-state index contributed by atoms with van der Waals surface area (Å²) in [6, 6.07) is 5.31. The van der Waals surface area contributed by atoms with Crippen molar-refractivity contribution in [3.05, 3.63) is 23.8 Å². The lowest BCUT2D eigenvalue weighted by atomic mass is 9.94. The lowest BCUT2D eigenvalue weighted by Gasteiger charge is -2.35. The Morgan fingerprint density at radius 1 is 1.53 bits per heavy atom. The number of hydrogen-bond donors (Lipinski definition) is 2. The number of esters is 1. The minimum absolute atomic E-state index is 0.152. The van der Waals surface area contributed by atoms with Crippen LogP contribution in [0.4, 0.5) is 11.4 Å². The highest BCUT2D eigenvalue weighted by atomic mass is 16.5. The van der Waals surface area contributed by atoms with Gasteiger partial charge in [0.05, 0.1) is 36.2 Å². The van der Waals surface area contributed by atoms with Crippen LogP contribution in [-0.2, 0) is 9.47 Å². The van der Waals surface area contributed by atoms with Crippen molar-refractivity contribution in [1.29, 1.82) is 0 Å². The first kappa shape index (κ1) is 13.7. The fraction of sp³-hybridized carbons (Fsp3) is 0.500. The van der Waals surface area contributed by atoms with E-state index in [-0.39, 0.29) is 5.54 Å². The van der Waals surface area contributed by atoms with Gasteiger partial charge in [-0.15, -0.1) is 0 Å². The molecule has 2 rings (SSSR count). The Kier molecular flexibility index (Phi) is 3.95. The molecule has 1 aromatic rings. The smallest absolute Gasteiger partial charge is 0.340 e. The second-order valence-corrected chi connectivity index (χ2v) is 5.10. The van der Waals surface area contributed by atoms with E-state index >= 15 is 0 Å². The molecular weight excluding hydrogens is 244 g/mol. The molecule has 5 nitrogen and oxygen atoms in total. The van der Waals surface area contributed by atoms with Gasteiger partial charge in [0.2, 0.25) is 0 Å². The van der Waals surface area contributed by atoms with Crippen molar-refractivity contribution < 1.29 is 14.3 Å². The molecule has 1 unspecified atom stereocenters. The summed E-state index contributed by atoms with van der Waals surface area (Å²) in [6.45, 7) is 3.53. The summed E-state index contributed by atoms with van der Waals surface area (Å²) in [5.41, 5.74) is 7.43. The van der Waals surface area contributed by atoms with Crippen molar-refractivity contribution in [2.45, 2.75) is 25.3 Å². The highest BCUT2D eigenvalue weighted by molar-refractivity contribution is 5.98. The van der Waals surface area contributed by atoms with Crippen LogP contribution in [0, 0.1) is 0 Å². The predicted molar refractivity (Wildman–Crippen MR) is 74.3 cm³/mol. The van der Waals surface area contributed by atoms with E-state index in [0.717, 1.165) is 25.1 Å². The maximum atomic E-state index is 11.6. The molecule has 5 heteroatoms. The molecule has 0 amide bonds. The lowest BCUT2D eigenvalue weighted by molar-refractivity contribution is 0.0540. The Bertz CT molecular complexity index is 468. The van der Waals surface area contributed by atoms with Crippen LogP contribution in [0.5, 0.6) is 0 Å². The van der Waals surface area contributed by atoms with E-state index in [0.29, 0.717) is 17.9 Å². The van der Waals surface area contributed by atoms with Crippen molar-refractivity contribution in [3.8, 4) is 0 Å². The third-order valence-electron chi connectivity index (χ3n) is 3.39. The fourth-order valence-corrected chi connectivity index (χ4v) is 2.32. The Morgan fingerprint density at radius 3 is 2.95 bits per heavy atom. The van der Waals surface area contributed by atoms with Crippen LogP contribution in [0.1, 0.15) is 30.1 Å². The molecule has 1 saturated heterocycles. The maximum absolute atomic E-state index is 11.6. The number of nitrogens with two attached hydrogens (primary N) is 1. The summed E-state index contributed by atoms with van der Waals surface area (Å²) < 4.78 is 10.2. The van der Waals surface area contributed by atoms with Gasteiger partial charge in [-0.3, -0.25) is 0 Å². The van der Waals surface area contributed by atoms with E-state index in [1.165, 1.54) is 7.11 Å². The first-order valence-electron chi connectivity index (χ1n) is 6.38. The van der Waals surface area contributed by atoms with Gasteiger partial charge in [0.1, 0.15) is 0 Å². The normalized spacial score (nSPS) is 22.8. The summed E-state index contributed by atoms with van der Waals surface area (Å²) in [6.07, 6.45) is 2.02. The number of hydrogen-bond acceptors (Lipinski definition) is 5. The van der Waals surface area contributed by atoms with Crippen LogP contribution in [0.2, 0.25) is 0 Å². The number of carbonyl (C=O) groups is 1. The molecule has 0 aliphatic carbocycles. The largest absolute Gasteiger partial charge is 0.465 e. The minimum atomic E-state index is -0.425. The van der Waals surface area contributed by atoms with E-state index in [1.807, 2.05) is 6.07 Å². The van der Waals surface area contributed by atoms with Crippen LogP contribution >= 0.6 is 0 Å². The summed E-state index contributed by atoms with van der Waals surface area (Å²) in [5.74, 6) is -0.425. The molecular formula is C14H20N2O3. The van der Waals surface area contributed by atoms with Gasteiger partial charge in [0.25, 0.3) is 0 Å². The van der Waals surface area contributed by atoms with Crippen LogP contribution in [-0.4, -0.2) is 31.8 Å². The number of nitrogens with one attached hydrogen (secondary N) is 1. The highest BCUT2D eigenvalue weighted by Crippen LogP contribution is 2.29. The van der Waals surface area contributed by atoms with Gasteiger partial charge in [0.15, 0.2) is 0 Å². The number of nitrogen functional groups attached to an aromatic ring is 1. The number of para-hydroxylation sites is 1. The maximum Gasteiger partial charge on any atom is 0.340 e. The van der Waals surface area contributed by atoms with Gasteiger partial charge >= 0.3 is 5.97 Å². The van der Waals surface area contributed by atoms with Gasteiger partial charge in [-0.05, 0) is 31.9 Å². The third-order valence-corrected chi connectivity index (χ3v) is 3.39. The summed E-state index contributed by atoms with van der Waals surface area (Å²) >= 11 is 0. The van der Waals surface area contributed by atoms with Crippen LogP contribution in [0.25, 0.3) is 0 Å². The van der Waals surface area contributed by atoms with Gasteiger partial charge < -0.3 is 20.5 Å². The molecule has 1 aliphatic rings. The fourth-order valence-electron chi connectivity index (χ4n) is 2.32. The van der Waals surface area contributed by atoms with Gasteiger partial charge in [0, 0.05) is 6.61 Å². The van der Waals surface area contributed by atoms with E-state index in [4.69, 9.17) is 15.2 Å². The highest BCUT2D eigenvalue weighted by Gasteiger charge is 2.28. The SMILES string of the molecule is COC(=O)c1cccc(NC2(C)CCCOC2)c1N. The van der Waals surface area contributed by atoms with Crippen molar-refractivity contribution in [1.82, 2.24) is 0 Å². The molecule has 1 fully saturated rings. The van der Waals surface area contributed by atoms with E-state index < -0.39 is 5.97 Å². The molecule has 1 aliphatic heterocycles. The first-order valence-corrected chi connectivity index (χ1v) is 6.38. The summed E-state index contributed by atoms with van der Waals surface area (Å²) in [7, 11) is 1.35. The van der Waals surface area contributed by atoms with E-state index in [9.17, 15) is 4.79 Å². The number of methoxy groups -OCH3 is 1. The van der Waals surface area contributed by atoms with Gasteiger partial charge in [-0.25, -0.2) is 4.79 Å². The number of anilines is 2. The molecule has 3 N–H and O–H groups in total. The average molecular weight is 264 g/mol. The average Bonchev–Trinajstić information content (AvgIpc) is 2.41. The molecule has 0 saturated carbocycles. The number of rotatable bonds is 3. The monoisotopic (exact) mass is 264 g/mol. The van der Waals surface area contributed by atoms with Gasteiger partial charge in [-0.2, -0.15) is 0 Å². The Morgan fingerprint density at radius 2 is 2.32 bits per heavy atom. The zero-order valence-corrected chi connectivity index (χ0v) is 11.4. The molecule has 104 valence electrons.